The fourth-order valence-corrected chi connectivity index (χ4v) is 1.94. The van der Waals surface area contributed by atoms with Crippen molar-refractivity contribution < 1.29 is 19.5 Å². The van der Waals surface area contributed by atoms with Crippen LogP contribution in [0.2, 0.25) is 10.0 Å². The lowest BCUT2D eigenvalue weighted by Crippen LogP contribution is -2.41. The number of carbonyl (C=O) groups excluding carboxylic acids is 2. The fraction of sp³-hybridized carbons (Fsp3) is 0.182. The topological polar surface area (TPSA) is 101 Å². The Labute approximate surface area is 118 Å². The lowest BCUT2D eigenvalue weighted by Gasteiger charge is -2.19. The van der Waals surface area contributed by atoms with Crippen LogP contribution in [0.4, 0.5) is 0 Å². The van der Waals surface area contributed by atoms with Gasteiger partial charge in [0.15, 0.2) is 0 Å². The summed E-state index contributed by atoms with van der Waals surface area (Å²) in [4.78, 5) is 34.4. The van der Waals surface area contributed by atoms with Gasteiger partial charge in [0.25, 0.3) is 5.91 Å². The van der Waals surface area contributed by atoms with Crippen LogP contribution in [0.5, 0.6) is 0 Å². The number of aliphatic carboxylic acids is 1. The summed E-state index contributed by atoms with van der Waals surface area (Å²) in [6.45, 7) is -1.15. The fourth-order valence-electron chi connectivity index (χ4n) is 1.41. The summed E-state index contributed by atoms with van der Waals surface area (Å²) >= 11 is 11.5. The maximum atomic E-state index is 12.1. The number of carbonyl (C=O) groups is 3. The predicted octanol–water partition coefficient (Wildman–Crippen LogP) is 1.01. The van der Waals surface area contributed by atoms with Crippen molar-refractivity contribution in [3.8, 4) is 0 Å². The highest BCUT2D eigenvalue weighted by Gasteiger charge is 2.21. The Hall–Kier alpha value is -1.79. The molecule has 0 radical (unpaired) electrons. The molecule has 6 nitrogen and oxygen atoms in total. The van der Waals surface area contributed by atoms with Gasteiger partial charge in [0.1, 0.15) is 13.1 Å². The predicted molar refractivity (Wildman–Crippen MR) is 69.2 cm³/mol. The number of amides is 2. The average molecular weight is 305 g/mol. The molecule has 0 fully saturated rings. The summed E-state index contributed by atoms with van der Waals surface area (Å²) < 4.78 is 0. The number of nitrogens with two attached hydrogens (primary N) is 1. The number of carboxylic acid groups (broad SMARTS) is 1. The van der Waals surface area contributed by atoms with Crippen molar-refractivity contribution >= 4 is 41.0 Å². The molecule has 0 atom stereocenters. The molecule has 0 saturated heterocycles. The first kappa shape index (κ1) is 15.3. The monoisotopic (exact) mass is 304 g/mol. The summed E-state index contributed by atoms with van der Waals surface area (Å²) in [6, 6.07) is 4.08. The molecule has 102 valence electrons. The SMILES string of the molecule is NC(=O)CN(CC(=O)O)C(=O)c1cc(Cl)cc(Cl)c1. The highest BCUT2D eigenvalue weighted by molar-refractivity contribution is 6.35. The molecule has 3 N–H and O–H groups in total. The quantitative estimate of drug-likeness (QED) is 0.847. The summed E-state index contributed by atoms with van der Waals surface area (Å²) in [5, 5.41) is 9.16. The molecule has 0 aromatic heterocycles. The summed E-state index contributed by atoms with van der Waals surface area (Å²) in [7, 11) is 0. The molecule has 1 aromatic carbocycles. The Kier molecular flexibility index (Phi) is 5.14. The van der Waals surface area contributed by atoms with Crippen LogP contribution in [0.15, 0.2) is 18.2 Å². The average Bonchev–Trinajstić information content (AvgIpc) is 2.24. The first-order chi connectivity index (χ1) is 8.79. The van der Waals surface area contributed by atoms with Crippen molar-refractivity contribution in [2.75, 3.05) is 13.1 Å². The minimum Gasteiger partial charge on any atom is -0.480 e. The van der Waals surface area contributed by atoms with E-state index >= 15 is 0 Å². The molecule has 0 bridgehead atoms. The Morgan fingerprint density at radius 1 is 1.11 bits per heavy atom. The molecule has 0 unspecified atom stereocenters. The molecule has 8 heteroatoms. The van der Waals surface area contributed by atoms with Crippen LogP contribution in [0.3, 0.4) is 0 Å². The molecule has 1 rings (SSSR count). The molecule has 1 aromatic rings. The van der Waals surface area contributed by atoms with Gasteiger partial charge in [-0.15, -0.1) is 0 Å². The Bertz CT molecular complexity index is 497. The number of rotatable bonds is 5. The highest BCUT2D eigenvalue weighted by atomic mass is 35.5. The number of carboxylic acids is 1. The lowest BCUT2D eigenvalue weighted by atomic mass is 10.2. The van der Waals surface area contributed by atoms with Crippen LogP contribution >= 0.6 is 23.2 Å². The van der Waals surface area contributed by atoms with Crippen LogP contribution in [0, 0.1) is 0 Å². The van der Waals surface area contributed by atoms with E-state index in [0.29, 0.717) is 0 Å². The third kappa shape index (κ3) is 4.76. The zero-order valence-corrected chi connectivity index (χ0v) is 11.1. The molecule has 0 spiro atoms. The van der Waals surface area contributed by atoms with E-state index in [4.69, 9.17) is 34.0 Å². The molecule has 0 aliphatic heterocycles. The first-order valence-corrected chi connectivity index (χ1v) is 5.80. The van der Waals surface area contributed by atoms with Gasteiger partial charge in [0, 0.05) is 15.6 Å². The Morgan fingerprint density at radius 3 is 2.05 bits per heavy atom. The van der Waals surface area contributed by atoms with E-state index in [2.05, 4.69) is 0 Å². The smallest absolute Gasteiger partial charge is 0.323 e. The second-order valence-electron chi connectivity index (χ2n) is 3.68. The first-order valence-electron chi connectivity index (χ1n) is 5.05. The molecular formula is C11H10Cl2N2O4. The summed E-state index contributed by atoms with van der Waals surface area (Å²) in [5.74, 6) is -2.77. The van der Waals surface area contributed by atoms with Gasteiger partial charge in [-0.25, -0.2) is 0 Å². The number of hydrogen-bond acceptors (Lipinski definition) is 3. The van der Waals surface area contributed by atoms with Crippen molar-refractivity contribution in [2.24, 2.45) is 5.73 Å². The van der Waals surface area contributed by atoms with Crippen LogP contribution in [0.1, 0.15) is 10.4 Å². The Morgan fingerprint density at radius 2 is 1.63 bits per heavy atom. The maximum absolute atomic E-state index is 12.1. The third-order valence-electron chi connectivity index (χ3n) is 2.07. The lowest BCUT2D eigenvalue weighted by molar-refractivity contribution is -0.138. The van der Waals surface area contributed by atoms with E-state index in [1.54, 1.807) is 0 Å². The van der Waals surface area contributed by atoms with Crippen LogP contribution in [0.25, 0.3) is 0 Å². The molecular weight excluding hydrogens is 295 g/mol. The van der Waals surface area contributed by atoms with Gasteiger partial charge in [-0.3, -0.25) is 14.4 Å². The van der Waals surface area contributed by atoms with Crippen molar-refractivity contribution in [2.45, 2.75) is 0 Å². The standard InChI is InChI=1S/C11H10Cl2N2O4/c12-7-1-6(2-8(13)3-7)11(19)15(4-9(14)16)5-10(17)18/h1-3H,4-5H2,(H2,14,16)(H,17,18). The van der Waals surface area contributed by atoms with Gasteiger partial charge >= 0.3 is 5.97 Å². The molecule has 0 heterocycles. The number of benzene rings is 1. The van der Waals surface area contributed by atoms with Crippen molar-refractivity contribution in [1.29, 1.82) is 0 Å². The minimum atomic E-state index is -1.26. The third-order valence-corrected chi connectivity index (χ3v) is 2.51. The number of halogens is 2. The second kappa shape index (κ2) is 6.40. The van der Waals surface area contributed by atoms with Gasteiger partial charge in [0.05, 0.1) is 0 Å². The van der Waals surface area contributed by atoms with Crippen LogP contribution in [-0.2, 0) is 9.59 Å². The minimum absolute atomic E-state index is 0.0833. The van der Waals surface area contributed by atoms with Crippen LogP contribution < -0.4 is 5.73 Å². The molecule has 0 aliphatic carbocycles. The van der Waals surface area contributed by atoms with E-state index in [0.717, 1.165) is 4.90 Å². The van der Waals surface area contributed by atoms with E-state index < -0.39 is 30.9 Å². The van der Waals surface area contributed by atoms with Gasteiger partial charge in [-0.05, 0) is 18.2 Å². The summed E-state index contributed by atoms with van der Waals surface area (Å²) in [6.07, 6.45) is 0. The van der Waals surface area contributed by atoms with Crippen molar-refractivity contribution in [1.82, 2.24) is 4.90 Å². The molecule has 0 aliphatic rings. The normalized spacial score (nSPS) is 10.0. The van der Waals surface area contributed by atoms with E-state index in [9.17, 15) is 14.4 Å². The van der Waals surface area contributed by atoms with Crippen LogP contribution in [-0.4, -0.2) is 40.9 Å². The summed E-state index contributed by atoms with van der Waals surface area (Å²) in [5.41, 5.74) is 5.05. The maximum Gasteiger partial charge on any atom is 0.323 e. The Balaban J connectivity index is 3.03. The zero-order valence-electron chi connectivity index (χ0n) is 9.60. The van der Waals surface area contributed by atoms with E-state index in [1.807, 2.05) is 0 Å². The van der Waals surface area contributed by atoms with Gasteiger partial charge in [-0.2, -0.15) is 0 Å². The number of primary amides is 1. The van der Waals surface area contributed by atoms with Crippen molar-refractivity contribution in [3.63, 3.8) is 0 Å². The van der Waals surface area contributed by atoms with Crippen molar-refractivity contribution in [3.05, 3.63) is 33.8 Å². The highest BCUT2D eigenvalue weighted by Crippen LogP contribution is 2.20. The van der Waals surface area contributed by atoms with E-state index in [1.165, 1.54) is 18.2 Å². The van der Waals surface area contributed by atoms with Gasteiger partial charge in [-0.1, -0.05) is 23.2 Å². The van der Waals surface area contributed by atoms with E-state index in [-0.39, 0.29) is 15.6 Å². The number of nitrogens with zero attached hydrogens (tertiary/aromatic N) is 1. The second-order valence-corrected chi connectivity index (χ2v) is 4.55. The molecule has 19 heavy (non-hydrogen) atoms. The molecule has 2 amide bonds. The zero-order chi connectivity index (χ0) is 14.6. The molecule has 0 saturated carbocycles. The number of hydrogen-bond donors (Lipinski definition) is 2. The van der Waals surface area contributed by atoms with Gasteiger partial charge < -0.3 is 15.7 Å². The van der Waals surface area contributed by atoms with Gasteiger partial charge in [0.2, 0.25) is 5.91 Å². The largest absolute Gasteiger partial charge is 0.480 e.